The number of aromatic nitrogens is 3. The molecule has 7 nitrogen and oxygen atoms in total. The highest BCUT2D eigenvalue weighted by molar-refractivity contribution is 5.88. The molecule has 0 unspecified atom stereocenters. The van der Waals surface area contributed by atoms with Crippen LogP contribution in [0.5, 0.6) is 5.75 Å². The summed E-state index contributed by atoms with van der Waals surface area (Å²) in [7, 11) is 3.49. The summed E-state index contributed by atoms with van der Waals surface area (Å²) < 4.78 is 7.48. The fourth-order valence-corrected chi connectivity index (χ4v) is 3.82. The standard InChI is InChI=1S/C22H27N5O2.ClH/c1-26(15-16-6-8-20(29-2)22-19(16)5-3-11-24-22)21(28)9-7-17-13-18-14-23-10-4-12-27(18)25-17;/h3,5-6,8,11,13,23H,4,7,9-10,12,14-15H2,1-2H3;1H. The molecule has 1 aliphatic heterocycles. The molecule has 1 amide bonds. The highest BCUT2D eigenvalue weighted by atomic mass is 35.5. The Kier molecular flexibility index (Phi) is 7.29. The first-order valence-electron chi connectivity index (χ1n) is 10.1. The molecule has 0 bridgehead atoms. The summed E-state index contributed by atoms with van der Waals surface area (Å²) in [5.41, 5.74) is 4.08. The summed E-state index contributed by atoms with van der Waals surface area (Å²) in [6.07, 6.45) is 3.95. The van der Waals surface area contributed by atoms with Gasteiger partial charge in [0.2, 0.25) is 5.91 Å². The van der Waals surface area contributed by atoms with Gasteiger partial charge in [-0.05, 0) is 36.7 Å². The molecular formula is C22H28ClN5O2. The van der Waals surface area contributed by atoms with Crippen LogP contribution in [0.3, 0.4) is 0 Å². The van der Waals surface area contributed by atoms with Crippen molar-refractivity contribution in [1.82, 2.24) is 25.0 Å². The molecule has 2 aromatic heterocycles. The number of ether oxygens (including phenoxy) is 1. The van der Waals surface area contributed by atoms with Gasteiger partial charge in [0.25, 0.3) is 0 Å². The number of nitrogens with one attached hydrogen (secondary N) is 1. The van der Waals surface area contributed by atoms with E-state index in [2.05, 4.69) is 26.1 Å². The van der Waals surface area contributed by atoms with Crippen molar-refractivity contribution in [3.8, 4) is 5.75 Å². The van der Waals surface area contributed by atoms with Gasteiger partial charge in [-0.2, -0.15) is 5.10 Å². The fourth-order valence-electron chi connectivity index (χ4n) is 3.82. The first-order valence-corrected chi connectivity index (χ1v) is 10.1. The Balaban J connectivity index is 0.00000256. The Hall–Kier alpha value is -2.64. The van der Waals surface area contributed by atoms with Gasteiger partial charge in [0.1, 0.15) is 11.3 Å². The van der Waals surface area contributed by atoms with Gasteiger partial charge in [0.05, 0.1) is 18.5 Å². The van der Waals surface area contributed by atoms with Crippen LogP contribution in [0.2, 0.25) is 0 Å². The lowest BCUT2D eigenvalue weighted by molar-refractivity contribution is -0.130. The maximum atomic E-state index is 12.7. The number of halogens is 1. The van der Waals surface area contributed by atoms with Crippen LogP contribution >= 0.6 is 12.4 Å². The molecule has 0 spiro atoms. The van der Waals surface area contributed by atoms with Crippen LogP contribution in [-0.2, 0) is 30.8 Å². The van der Waals surface area contributed by atoms with Gasteiger partial charge in [-0.15, -0.1) is 12.4 Å². The predicted octanol–water partition coefficient (Wildman–Crippen LogP) is 2.95. The minimum absolute atomic E-state index is 0. The quantitative estimate of drug-likeness (QED) is 0.652. The molecule has 0 radical (unpaired) electrons. The van der Waals surface area contributed by atoms with Crippen molar-refractivity contribution in [3.05, 3.63) is 53.5 Å². The number of pyridine rings is 1. The van der Waals surface area contributed by atoms with Gasteiger partial charge in [-0.3, -0.25) is 14.5 Å². The van der Waals surface area contributed by atoms with E-state index >= 15 is 0 Å². The van der Waals surface area contributed by atoms with Crippen LogP contribution in [0.15, 0.2) is 36.5 Å². The van der Waals surface area contributed by atoms with Crippen molar-refractivity contribution in [1.29, 1.82) is 0 Å². The van der Waals surface area contributed by atoms with E-state index in [-0.39, 0.29) is 18.3 Å². The average Bonchev–Trinajstić information content (AvgIpc) is 3.01. The molecule has 0 aliphatic carbocycles. The SMILES string of the molecule is COc1ccc(CN(C)C(=O)CCc2cc3n(n2)CCCNC3)c2cccnc12.Cl. The van der Waals surface area contributed by atoms with E-state index < -0.39 is 0 Å². The Morgan fingerprint density at radius 1 is 1.33 bits per heavy atom. The number of methoxy groups -OCH3 is 1. The van der Waals surface area contributed by atoms with Crippen LogP contribution < -0.4 is 10.1 Å². The topological polar surface area (TPSA) is 72.3 Å². The minimum Gasteiger partial charge on any atom is -0.494 e. The van der Waals surface area contributed by atoms with Crippen molar-refractivity contribution in [2.24, 2.45) is 0 Å². The molecule has 3 heterocycles. The Morgan fingerprint density at radius 2 is 2.20 bits per heavy atom. The molecule has 4 rings (SSSR count). The zero-order valence-electron chi connectivity index (χ0n) is 17.4. The summed E-state index contributed by atoms with van der Waals surface area (Å²) in [5, 5.41) is 9.08. The Labute approximate surface area is 182 Å². The van der Waals surface area contributed by atoms with Gasteiger partial charge in [0, 0.05) is 51.1 Å². The number of carbonyl (C=O) groups is 1. The predicted molar refractivity (Wildman–Crippen MR) is 119 cm³/mol. The molecule has 0 atom stereocenters. The number of hydrogen-bond donors (Lipinski definition) is 1. The molecule has 30 heavy (non-hydrogen) atoms. The van der Waals surface area contributed by atoms with Crippen LogP contribution in [0.1, 0.15) is 29.8 Å². The molecule has 0 fully saturated rings. The number of carbonyl (C=O) groups excluding carboxylic acids is 1. The number of fused-ring (bicyclic) bond motifs is 2. The highest BCUT2D eigenvalue weighted by Gasteiger charge is 2.15. The number of benzene rings is 1. The van der Waals surface area contributed by atoms with Gasteiger partial charge < -0.3 is 15.0 Å². The first-order chi connectivity index (χ1) is 14.2. The van der Waals surface area contributed by atoms with Crippen LogP contribution in [-0.4, -0.2) is 46.3 Å². The largest absolute Gasteiger partial charge is 0.494 e. The maximum Gasteiger partial charge on any atom is 0.223 e. The second-order valence-corrected chi connectivity index (χ2v) is 7.46. The van der Waals surface area contributed by atoms with E-state index in [1.54, 1.807) is 18.2 Å². The molecule has 160 valence electrons. The Morgan fingerprint density at radius 3 is 3.03 bits per heavy atom. The van der Waals surface area contributed by atoms with Crippen LogP contribution in [0.4, 0.5) is 0 Å². The third-order valence-electron chi connectivity index (χ3n) is 5.41. The molecule has 0 saturated carbocycles. The van der Waals surface area contributed by atoms with E-state index in [9.17, 15) is 4.79 Å². The van der Waals surface area contributed by atoms with Crippen molar-refractivity contribution in [2.45, 2.75) is 38.9 Å². The lowest BCUT2D eigenvalue weighted by Gasteiger charge is -2.19. The van der Waals surface area contributed by atoms with Gasteiger partial charge >= 0.3 is 0 Å². The number of aryl methyl sites for hydroxylation is 2. The number of hydrogen-bond acceptors (Lipinski definition) is 5. The average molecular weight is 430 g/mol. The molecule has 1 aliphatic rings. The molecule has 0 saturated heterocycles. The molecule has 8 heteroatoms. The summed E-state index contributed by atoms with van der Waals surface area (Å²) >= 11 is 0. The van der Waals surface area contributed by atoms with E-state index in [4.69, 9.17) is 4.74 Å². The molecular weight excluding hydrogens is 402 g/mol. The molecule has 1 aromatic carbocycles. The summed E-state index contributed by atoms with van der Waals surface area (Å²) in [6, 6.07) is 9.96. The van der Waals surface area contributed by atoms with Gasteiger partial charge in [-0.25, -0.2) is 0 Å². The summed E-state index contributed by atoms with van der Waals surface area (Å²) in [4.78, 5) is 18.9. The van der Waals surface area contributed by atoms with Gasteiger partial charge in [0.15, 0.2) is 0 Å². The second-order valence-electron chi connectivity index (χ2n) is 7.46. The third-order valence-corrected chi connectivity index (χ3v) is 5.41. The van der Waals surface area contributed by atoms with E-state index in [1.165, 1.54) is 5.69 Å². The number of amides is 1. The smallest absolute Gasteiger partial charge is 0.223 e. The molecule has 3 aromatic rings. The second kappa shape index (κ2) is 9.91. The summed E-state index contributed by atoms with van der Waals surface area (Å²) in [5.74, 6) is 0.853. The highest BCUT2D eigenvalue weighted by Crippen LogP contribution is 2.27. The third kappa shape index (κ3) is 4.74. The normalized spacial score (nSPS) is 13.3. The lowest BCUT2D eigenvalue weighted by atomic mass is 10.1. The lowest BCUT2D eigenvalue weighted by Crippen LogP contribution is -2.26. The maximum absolute atomic E-state index is 12.7. The first kappa shape index (κ1) is 22.1. The van der Waals surface area contributed by atoms with E-state index in [0.717, 1.165) is 54.0 Å². The van der Waals surface area contributed by atoms with E-state index in [0.29, 0.717) is 19.4 Å². The van der Waals surface area contributed by atoms with Crippen molar-refractivity contribution < 1.29 is 9.53 Å². The van der Waals surface area contributed by atoms with Crippen molar-refractivity contribution in [2.75, 3.05) is 20.7 Å². The van der Waals surface area contributed by atoms with Crippen molar-refractivity contribution >= 4 is 29.2 Å². The monoisotopic (exact) mass is 429 g/mol. The van der Waals surface area contributed by atoms with Crippen molar-refractivity contribution in [3.63, 3.8) is 0 Å². The fraction of sp³-hybridized carbons (Fsp3) is 0.409. The number of rotatable bonds is 6. The zero-order valence-corrected chi connectivity index (χ0v) is 18.2. The molecule has 1 N–H and O–H groups in total. The van der Waals surface area contributed by atoms with Crippen LogP contribution in [0.25, 0.3) is 10.9 Å². The van der Waals surface area contributed by atoms with E-state index in [1.807, 2.05) is 31.3 Å². The minimum atomic E-state index is 0. The zero-order chi connectivity index (χ0) is 20.2. The van der Waals surface area contributed by atoms with Crippen LogP contribution in [0, 0.1) is 0 Å². The summed E-state index contributed by atoms with van der Waals surface area (Å²) in [6.45, 7) is 3.35. The number of nitrogens with zero attached hydrogens (tertiary/aromatic N) is 4. The van der Waals surface area contributed by atoms with Gasteiger partial charge in [-0.1, -0.05) is 12.1 Å². The Bertz CT molecular complexity index is 996.